The average Bonchev–Trinajstić information content (AvgIpc) is 3.61. The Balaban J connectivity index is 1.16. The third-order valence-electron chi connectivity index (χ3n) is 6.98. The van der Waals surface area contributed by atoms with Gasteiger partial charge in [0.05, 0.1) is 19.5 Å². The number of primary amides is 1. The lowest BCUT2D eigenvalue weighted by Gasteiger charge is -2.23. The number of fused-ring (bicyclic) bond motifs is 1. The van der Waals surface area contributed by atoms with E-state index in [0.29, 0.717) is 0 Å². The third kappa shape index (κ3) is 6.68. The first-order valence-electron chi connectivity index (χ1n) is 13.1. The van der Waals surface area contributed by atoms with Crippen LogP contribution >= 0.6 is 15.2 Å². The maximum absolute atomic E-state index is 13.0. The normalized spacial score (nSPS) is 31.6. The van der Waals surface area contributed by atoms with Gasteiger partial charge in [-0.15, -0.1) is 0 Å². The quantitative estimate of drug-likeness (QED) is 0.100. The van der Waals surface area contributed by atoms with E-state index >= 15 is 0 Å². The maximum atomic E-state index is 13.0. The minimum absolute atomic E-state index is 0.107. The molecule has 5 rings (SSSR count). The molecule has 0 radical (unpaired) electrons. The van der Waals surface area contributed by atoms with Gasteiger partial charge in [0.15, 0.2) is 36.2 Å². The van der Waals surface area contributed by atoms with Gasteiger partial charge in [0, 0.05) is 19.4 Å². The van der Waals surface area contributed by atoms with E-state index in [1.807, 2.05) is 0 Å². The zero-order valence-electron chi connectivity index (χ0n) is 23.3. The molecule has 44 heavy (non-hydrogen) atoms. The Kier molecular flexibility index (Phi) is 9.19. The summed E-state index contributed by atoms with van der Waals surface area (Å²) >= 11 is 0. The van der Waals surface area contributed by atoms with Crippen molar-refractivity contribution in [2.24, 2.45) is 5.73 Å². The van der Waals surface area contributed by atoms with E-state index in [1.54, 1.807) is 0 Å². The van der Waals surface area contributed by atoms with Crippen molar-refractivity contribution in [2.75, 3.05) is 32.3 Å². The summed E-state index contributed by atoms with van der Waals surface area (Å²) in [6.45, 7) is 0.967. The minimum Gasteiger partial charge on any atom is -0.387 e. The number of aliphatic hydroxyl groups excluding tert-OH is 4. The van der Waals surface area contributed by atoms with Crippen molar-refractivity contribution in [3.63, 3.8) is 0 Å². The fourth-order valence-electron chi connectivity index (χ4n) is 4.80. The molecule has 3 aromatic rings. The highest BCUT2D eigenvalue weighted by molar-refractivity contribution is 7.66. The summed E-state index contributed by atoms with van der Waals surface area (Å²) < 4.78 is 55.9. The highest BCUT2D eigenvalue weighted by Crippen LogP contribution is 2.61. The molecule has 0 saturated carbocycles. The molecular formula is C23H32N7O12P2+. The summed E-state index contributed by atoms with van der Waals surface area (Å²) in [5.41, 5.74) is 11.7. The molecule has 2 fully saturated rings. The zero-order chi connectivity index (χ0) is 32.0. The first-order chi connectivity index (χ1) is 20.7. The number of nitrogens with zero attached hydrogens (tertiary/aromatic N) is 5. The lowest BCUT2D eigenvalue weighted by atomic mass is 10.1. The van der Waals surface area contributed by atoms with Gasteiger partial charge in [0.2, 0.25) is 0 Å². The highest BCUT2D eigenvalue weighted by atomic mass is 31.3. The number of carbonyl (C=O) groups is 1. The van der Waals surface area contributed by atoms with Crippen molar-refractivity contribution in [3.05, 3.63) is 42.7 Å². The number of aromatic nitrogens is 5. The van der Waals surface area contributed by atoms with Crippen LogP contribution in [0.2, 0.25) is 0 Å². The van der Waals surface area contributed by atoms with Crippen molar-refractivity contribution < 1.29 is 61.7 Å². The number of carbonyl (C=O) groups excluding carboxylic acids is 1. The van der Waals surface area contributed by atoms with Crippen molar-refractivity contribution in [1.82, 2.24) is 19.5 Å². The molecule has 21 heteroatoms. The van der Waals surface area contributed by atoms with Gasteiger partial charge in [0.25, 0.3) is 12.1 Å². The van der Waals surface area contributed by atoms with Gasteiger partial charge >= 0.3 is 15.2 Å². The van der Waals surface area contributed by atoms with Crippen LogP contribution in [0.4, 0.5) is 5.82 Å². The van der Waals surface area contributed by atoms with Crippen LogP contribution in [0.15, 0.2) is 37.2 Å². The van der Waals surface area contributed by atoms with Crippen LogP contribution in [0.25, 0.3) is 11.2 Å². The number of ether oxygens (including phenoxy) is 2. The predicted octanol–water partition coefficient (Wildman–Crippen LogP) is -1.57. The van der Waals surface area contributed by atoms with Crippen LogP contribution in [-0.2, 0) is 32.0 Å². The number of amides is 1. The van der Waals surface area contributed by atoms with E-state index < -0.39 is 83.4 Å². The van der Waals surface area contributed by atoms with Crippen LogP contribution in [0.3, 0.4) is 0 Å². The van der Waals surface area contributed by atoms with Crippen LogP contribution in [-0.4, -0.2) is 109 Å². The second-order valence-corrected chi connectivity index (χ2v) is 14.6. The van der Waals surface area contributed by atoms with E-state index in [0.717, 1.165) is 13.3 Å². The molecule has 10 unspecified atom stereocenters. The Morgan fingerprint density at radius 1 is 1.00 bits per heavy atom. The molecule has 1 amide bonds. The molecule has 5 heterocycles. The summed E-state index contributed by atoms with van der Waals surface area (Å²) in [6.07, 6.45) is -5.19. The number of hydrogen-bond acceptors (Lipinski definition) is 16. The Labute approximate surface area is 249 Å². The van der Waals surface area contributed by atoms with E-state index in [-0.39, 0.29) is 22.5 Å². The van der Waals surface area contributed by atoms with E-state index in [4.69, 9.17) is 34.3 Å². The van der Waals surface area contributed by atoms with Gasteiger partial charge in [-0.25, -0.2) is 19.3 Å². The number of hydrogen-bond donors (Lipinski definition) is 6. The lowest BCUT2D eigenvalue weighted by Crippen LogP contribution is -2.46. The number of nitrogens with two attached hydrogens (primary N) is 2. The minimum atomic E-state index is -4.12. The smallest absolute Gasteiger partial charge is 0.334 e. The van der Waals surface area contributed by atoms with Gasteiger partial charge in [-0.1, -0.05) is 0 Å². The molecule has 0 spiro atoms. The van der Waals surface area contributed by atoms with E-state index in [2.05, 4.69) is 15.0 Å². The zero-order valence-corrected chi connectivity index (χ0v) is 25.1. The molecule has 8 N–H and O–H groups in total. The first-order valence-corrected chi connectivity index (χ1v) is 17.1. The lowest BCUT2D eigenvalue weighted by molar-refractivity contribution is -0.765. The molecule has 19 nitrogen and oxygen atoms in total. The largest absolute Gasteiger partial charge is 0.387 e. The van der Waals surface area contributed by atoms with Gasteiger partial charge in [0.1, 0.15) is 47.9 Å². The summed E-state index contributed by atoms with van der Waals surface area (Å²) in [5, 5.41) is 42.1. The van der Waals surface area contributed by atoms with Gasteiger partial charge < -0.3 is 50.4 Å². The molecule has 3 aromatic heterocycles. The SMILES string of the molecule is CP(=O)(OCC1OC(n2cnc3c(N)ncnc32)C(O)C1O)OP(C)(=O)OCC1OC([n+]2cccc(C(N)=O)c2)C(O)C1O. The van der Waals surface area contributed by atoms with Crippen molar-refractivity contribution in [3.8, 4) is 0 Å². The summed E-state index contributed by atoms with van der Waals surface area (Å²) in [5.74, 6) is -0.601. The highest BCUT2D eigenvalue weighted by Gasteiger charge is 2.49. The number of pyridine rings is 1. The van der Waals surface area contributed by atoms with Crippen LogP contribution in [0.5, 0.6) is 0 Å². The van der Waals surface area contributed by atoms with Crippen LogP contribution < -0.4 is 16.0 Å². The standard InChI is InChI=1S/C23H31N7O12P2/c1-43(36,38-7-12-15(31)17(33)22(40-12)29-5-3-4-11(6-29)20(25)35)42-44(2,37)39-8-13-16(32)18(34)23(41-13)30-10-28-14-19(24)26-9-27-21(14)30/h3-6,9-10,12-13,15-18,22-23,31-34H,7-8H2,1-2H3,(H3-,24,25,26,27,35)/p+1. The topological polar surface area (TPSA) is 278 Å². The van der Waals surface area contributed by atoms with Gasteiger partial charge in [-0.05, 0) is 6.07 Å². The second kappa shape index (κ2) is 12.5. The molecule has 0 bridgehead atoms. The monoisotopic (exact) mass is 660 g/mol. The number of nitrogen functional groups attached to an aromatic ring is 1. The first kappa shape index (κ1) is 32.5. The molecule has 240 valence electrons. The molecular weight excluding hydrogens is 628 g/mol. The number of rotatable bonds is 11. The molecule has 0 aromatic carbocycles. The molecule has 10 atom stereocenters. The predicted molar refractivity (Wildman–Crippen MR) is 147 cm³/mol. The Morgan fingerprint density at radius 2 is 1.64 bits per heavy atom. The van der Waals surface area contributed by atoms with Gasteiger partial charge in [-0.2, -0.15) is 4.57 Å². The van der Waals surface area contributed by atoms with Crippen molar-refractivity contribution >= 4 is 38.1 Å². The third-order valence-corrected chi connectivity index (χ3v) is 10.6. The molecule has 0 aliphatic carbocycles. The summed E-state index contributed by atoms with van der Waals surface area (Å²) in [7, 11) is -8.24. The summed E-state index contributed by atoms with van der Waals surface area (Å²) in [6, 6.07) is 2.96. The van der Waals surface area contributed by atoms with Crippen molar-refractivity contribution in [1.29, 1.82) is 0 Å². The fourth-order valence-corrected chi connectivity index (χ4v) is 8.17. The van der Waals surface area contributed by atoms with E-state index in [1.165, 1.54) is 46.3 Å². The maximum Gasteiger partial charge on any atom is 0.334 e. The second-order valence-electron chi connectivity index (χ2n) is 10.3. The molecule has 2 saturated heterocycles. The number of imidazole rings is 1. The number of anilines is 1. The molecule has 2 aliphatic rings. The molecule has 2 aliphatic heterocycles. The Morgan fingerprint density at radius 3 is 2.30 bits per heavy atom. The Hall–Kier alpha value is -2.93. The summed E-state index contributed by atoms with van der Waals surface area (Å²) in [4.78, 5) is 23.5. The number of aliphatic hydroxyl groups is 4. The van der Waals surface area contributed by atoms with Gasteiger partial charge in [-0.3, -0.25) is 18.5 Å². The average molecular weight is 660 g/mol. The van der Waals surface area contributed by atoms with Crippen molar-refractivity contribution in [2.45, 2.75) is 49.1 Å². The van der Waals surface area contributed by atoms with Crippen LogP contribution in [0, 0.1) is 0 Å². The van der Waals surface area contributed by atoms with E-state index in [9.17, 15) is 34.4 Å². The van der Waals surface area contributed by atoms with Crippen LogP contribution in [0.1, 0.15) is 22.8 Å². The Bertz CT molecular complexity index is 1630. The fraction of sp³-hybridized carbons (Fsp3) is 0.522.